The van der Waals surface area contributed by atoms with Crippen molar-refractivity contribution in [3.05, 3.63) is 35.1 Å². The van der Waals surface area contributed by atoms with Crippen LogP contribution >= 0.6 is 0 Å². The second-order valence-corrected chi connectivity index (χ2v) is 3.99. The van der Waals surface area contributed by atoms with E-state index in [2.05, 4.69) is 0 Å². The van der Waals surface area contributed by atoms with Crippen LogP contribution in [0.5, 0.6) is 0 Å². The van der Waals surface area contributed by atoms with Crippen molar-refractivity contribution in [2.75, 3.05) is 6.54 Å². The van der Waals surface area contributed by atoms with Crippen LogP contribution in [-0.2, 0) is 4.79 Å². The molecule has 1 aliphatic rings. The largest absolute Gasteiger partial charge is 0.465 e. The predicted molar refractivity (Wildman–Crippen MR) is 53.4 cm³/mol. The van der Waals surface area contributed by atoms with Crippen molar-refractivity contribution in [2.24, 2.45) is 0 Å². The number of amides is 2. The number of benzene rings is 1. The molecule has 1 heterocycles. The van der Waals surface area contributed by atoms with Gasteiger partial charge in [-0.2, -0.15) is 0 Å². The minimum atomic E-state index is -1.59. The molecular formula is C11H8F3NO3. The smallest absolute Gasteiger partial charge is 0.414 e. The van der Waals surface area contributed by atoms with Gasteiger partial charge in [-0.25, -0.2) is 22.9 Å². The lowest BCUT2D eigenvalue weighted by Gasteiger charge is -2.11. The Morgan fingerprint density at radius 2 is 1.83 bits per heavy atom. The van der Waals surface area contributed by atoms with Crippen molar-refractivity contribution in [3.8, 4) is 0 Å². The van der Waals surface area contributed by atoms with Crippen LogP contribution in [0, 0.1) is 17.5 Å². The van der Waals surface area contributed by atoms with Crippen LogP contribution in [0.2, 0.25) is 0 Å². The van der Waals surface area contributed by atoms with E-state index in [0.29, 0.717) is 4.90 Å². The number of carboxylic acid groups (broad SMARTS) is 1. The number of imide groups is 1. The van der Waals surface area contributed by atoms with E-state index in [1.165, 1.54) is 0 Å². The minimum Gasteiger partial charge on any atom is -0.465 e. The topological polar surface area (TPSA) is 57.6 Å². The fraction of sp³-hybridized carbons (Fsp3) is 0.273. The van der Waals surface area contributed by atoms with Gasteiger partial charge in [-0.05, 0) is 17.7 Å². The van der Waals surface area contributed by atoms with E-state index in [-0.39, 0.29) is 18.5 Å². The summed E-state index contributed by atoms with van der Waals surface area (Å²) in [7, 11) is 0. The molecule has 0 aromatic heterocycles. The fourth-order valence-electron chi connectivity index (χ4n) is 1.93. The van der Waals surface area contributed by atoms with Gasteiger partial charge in [0.15, 0.2) is 17.5 Å². The van der Waals surface area contributed by atoms with Crippen LogP contribution in [0.3, 0.4) is 0 Å². The molecular weight excluding hydrogens is 251 g/mol. The van der Waals surface area contributed by atoms with Gasteiger partial charge in [-0.15, -0.1) is 0 Å². The zero-order valence-corrected chi connectivity index (χ0v) is 8.99. The van der Waals surface area contributed by atoms with Crippen LogP contribution in [-0.4, -0.2) is 28.6 Å². The lowest BCUT2D eigenvalue weighted by Crippen LogP contribution is -2.30. The van der Waals surface area contributed by atoms with Crippen molar-refractivity contribution >= 4 is 12.0 Å². The van der Waals surface area contributed by atoms with Gasteiger partial charge < -0.3 is 5.11 Å². The zero-order valence-electron chi connectivity index (χ0n) is 8.99. The highest BCUT2D eigenvalue weighted by atomic mass is 19.2. The molecule has 18 heavy (non-hydrogen) atoms. The predicted octanol–water partition coefficient (Wildman–Crippen LogP) is 2.10. The van der Waals surface area contributed by atoms with Crippen LogP contribution in [0.1, 0.15) is 17.9 Å². The maximum absolute atomic E-state index is 13.0. The van der Waals surface area contributed by atoms with Crippen LogP contribution in [0.4, 0.5) is 18.0 Å². The summed E-state index contributed by atoms with van der Waals surface area (Å²) in [6.07, 6.45) is -1.58. The molecule has 0 spiro atoms. The van der Waals surface area contributed by atoms with E-state index >= 15 is 0 Å². The average Bonchev–Trinajstić information content (AvgIpc) is 2.67. The first-order valence-electron chi connectivity index (χ1n) is 5.08. The standard InChI is InChI=1S/C11H8F3NO3/c12-7-1-5(2-8(13)10(7)14)6-3-9(16)15(4-6)11(17)18/h1-2,6H,3-4H2,(H,17,18)/t6-/m0/s1. The summed E-state index contributed by atoms with van der Waals surface area (Å²) in [4.78, 5) is 22.6. The van der Waals surface area contributed by atoms with E-state index in [1.807, 2.05) is 0 Å². The second kappa shape index (κ2) is 4.32. The first kappa shape index (κ1) is 12.4. The summed E-state index contributed by atoms with van der Waals surface area (Å²) in [5, 5.41) is 8.70. The number of nitrogens with zero attached hydrogens (tertiary/aromatic N) is 1. The number of halogens is 3. The van der Waals surface area contributed by atoms with E-state index in [9.17, 15) is 22.8 Å². The monoisotopic (exact) mass is 259 g/mol. The number of likely N-dealkylation sites (tertiary alicyclic amines) is 1. The molecule has 1 aromatic rings. The molecule has 4 nitrogen and oxygen atoms in total. The molecule has 0 unspecified atom stereocenters. The zero-order chi connectivity index (χ0) is 13.4. The lowest BCUT2D eigenvalue weighted by molar-refractivity contribution is -0.125. The molecule has 1 saturated heterocycles. The van der Waals surface area contributed by atoms with Gasteiger partial charge in [-0.1, -0.05) is 0 Å². The Balaban J connectivity index is 2.29. The molecule has 0 aliphatic carbocycles. The van der Waals surface area contributed by atoms with Crippen molar-refractivity contribution in [2.45, 2.75) is 12.3 Å². The lowest BCUT2D eigenvalue weighted by atomic mass is 9.98. The summed E-state index contributed by atoms with van der Waals surface area (Å²) in [5.74, 6) is -5.59. The third-order valence-corrected chi connectivity index (χ3v) is 2.83. The van der Waals surface area contributed by atoms with Crippen molar-refractivity contribution in [1.82, 2.24) is 4.90 Å². The maximum atomic E-state index is 13.0. The molecule has 1 aromatic carbocycles. The number of carbonyl (C=O) groups is 2. The summed E-state index contributed by atoms with van der Waals surface area (Å²) in [6.45, 7) is -0.182. The molecule has 96 valence electrons. The molecule has 1 N–H and O–H groups in total. The van der Waals surface area contributed by atoms with Crippen LogP contribution in [0.15, 0.2) is 12.1 Å². The number of hydrogen-bond acceptors (Lipinski definition) is 2. The normalized spacial score (nSPS) is 19.4. The minimum absolute atomic E-state index is 0.0727. The summed E-state index contributed by atoms with van der Waals surface area (Å²) >= 11 is 0. The van der Waals surface area contributed by atoms with Gasteiger partial charge in [0.25, 0.3) is 0 Å². The SMILES string of the molecule is O=C(O)N1C[C@@H](c2cc(F)c(F)c(F)c2)CC1=O. The molecule has 7 heteroatoms. The molecule has 0 bridgehead atoms. The van der Waals surface area contributed by atoms with Gasteiger partial charge in [0, 0.05) is 18.9 Å². The number of carbonyl (C=O) groups excluding carboxylic acids is 1. The molecule has 1 aliphatic heterocycles. The Hall–Kier alpha value is -2.05. The molecule has 0 saturated carbocycles. The Bertz CT molecular complexity index is 509. The van der Waals surface area contributed by atoms with Crippen LogP contribution in [0.25, 0.3) is 0 Å². The van der Waals surface area contributed by atoms with Crippen LogP contribution < -0.4 is 0 Å². The molecule has 2 rings (SSSR count). The van der Waals surface area contributed by atoms with E-state index in [0.717, 1.165) is 12.1 Å². The van der Waals surface area contributed by atoms with Gasteiger partial charge in [-0.3, -0.25) is 4.79 Å². The highest BCUT2D eigenvalue weighted by molar-refractivity contribution is 5.93. The Morgan fingerprint density at radius 3 is 2.28 bits per heavy atom. The van der Waals surface area contributed by atoms with Gasteiger partial charge in [0.2, 0.25) is 5.91 Å². The molecule has 1 atom stereocenters. The first-order chi connectivity index (χ1) is 8.40. The fourth-order valence-corrected chi connectivity index (χ4v) is 1.93. The summed E-state index contributed by atoms with van der Waals surface area (Å²) < 4.78 is 38.8. The van der Waals surface area contributed by atoms with Gasteiger partial charge in [0.05, 0.1) is 0 Å². The van der Waals surface area contributed by atoms with Crippen molar-refractivity contribution in [1.29, 1.82) is 0 Å². The quantitative estimate of drug-likeness (QED) is 0.786. The Kier molecular flexibility index (Phi) is 2.98. The van der Waals surface area contributed by atoms with E-state index < -0.39 is 35.4 Å². The number of rotatable bonds is 1. The first-order valence-corrected chi connectivity index (χ1v) is 5.08. The molecule has 2 amide bonds. The van der Waals surface area contributed by atoms with Crippen molar-refractivity contribution in [3.63, 3.8) is 0 Å². The summed E-state index contributed by atoms with van der Waals surface area (Å²) in [6, 6.07) is 1.56. The number of hydrogen-bond donors (Lipinski definition) is 1. The highest BCUT2D eigenvalue weighted by Gasteiger charge is 2.35. The van der Waals surface area contributed by atoms with E-state index in [4.69, 9.17) is 5.11 Å². The third-order valence-electron chi connectivity index (χ3n) is 2.83. The van der Waals surface area contributed by atoms with Gasteiger partial charge in [0.1, 0.15) is 0 Å². The second-order valence-electron chi connectivity index (χ2n) is 3.99. The third kappa shape index (κ3) is 2.03. The van der Waals surface area contributed by atoms with Gasteiger partial charge >= 0.3 is 6.09 Å². The highest BCUT2D eigenvalue weighted by Crippen LogP contribution is 2.29. The molecule has 1 fully saturated rings. The van der Waals surface area contributed by atoms with E-state index in [1.54, 1.807) is 0 Å². The maximum Gasteiger partial charge on any atom is 0.414 e. The Morgan fingerprint density at radius 1 is 1.28 bits per heavy atom. The summed E-state index contributed by atoms with van der Waals surface area (Å²) in [5.41, 5.74) is 0.0727. The van der Waals surface area contributed by atoms with Crippen molar-refractivity contribution < 1.29 is 27.9 Å². The average molecular weight is 259 g/mol. The Labute approximate surface area is 99.6 Å². The molecule has 0 radical (unpaired) electrons.